The van der Waals surface area contributed by atoms with Crippen molar-refractivity contribution in [2.24, 2.45) is 17.8 Å². The number of halogens is 3. The quantitative estimate of drug-likeness (QED) is 0.685. The van der Waals surface area contributed by atoms with Crippen LogP contribution in [0.2, 0.25) is 0 Å². The first-order valence-corrected chi connectivity index (χ1v) is 6.72. The van der Waals surface area contributed by atoms with Gasteiger partial charge in [-0.3, -0.25) is 0 Å². The highest BCUT2D eigenvalue weighted by molar-refractivity contribution is 4.83. The van der Waals surface area contributed by atoms with E-state index < -0.39 is 12.1 Å². The van der Waals surface area contributed by atoms with Crippen LogP contribution in [0, 0.1) is 17.8 Å². The van der Waals surface area contributed by atoms with Gasteiger partial charge in [0.05, 0.1) is 5.92 Å². The summed E-state index contributed by atoms with van der Waals surface area (Å²) in [7, 11) is 2.12. The maximum Gasteiger partial charge on any atom is 0.391 e. The topological polar surface area (TPSA) is 3.24 Å². The van der Waals surface area contributed by atoms with Crippen LogP contribution in [0.3, 0.4) is 0 Å². The summed E-state index contributed by atoms with van der Waals surface area (Å²) in [5.74, 6) is 0.215. The van der Waals surface area contributed by atoms with Crippen molar-refractivity contribution in [3.63, 3.8) is 0 Å². The summed E-state index contributed by atoms with van der Waals surface area (Å²) < 4.78 is 37.7. The summed E-state index contributed by atoms with van der Waals surface area (Å²) in [6.45, 7) is 2.23. The van der Waals surface area contributed by atoms with E-state index in [-0.39, 0.29) is 0 Å². The highest BCUT2D eigenvalue weighted by Crippen LogP contribution is 2.43. The van der Waals surface area contributed by atoms with Crippen LogP contribution in [0.5, 0.6) is 0 Å². The second-order valence-corrected chi connectivity index (χ2v) is 5.79. The molecule has 0 aromatic heterocycles. The Hall–Kier alpha value is -0.250. The van der Waals surface area contributed by atoms with Gasteiger partial charge in [-0.05, 0) is 70.5 Å². The number of hydrogen-bond acceptors (Lipinski definition) is 1. The van der Waals surface area contributed by atoms with Gasteiger partial charge < -0.3 is 4.90 Å². The molecule has 1 nitrogen and oxygen atoms in total. The van der Waals surface area contributed by atoms with E-state index in [1.165, 1.54) is 12.8 Å². The summed E-state index contributed by atoms with van der Waals surface area (Å²) in [6, 6.07) is 0. The predicted molar refractivity (Wildman–Crippen MR) is 61.7 cm³/mol. The molecule has 0 aromatic carbocycles. The molecular weight excluding hydrogens is 227 g/mol. The zero-order chi connectivity index (χ0) is 12.5. The van der Waals surface area contributed by atoms with Crippen molar-refractivity contribution in [2.45, 2.75) is 44.7 Å². The third-order valence-electron chi connectivity index (χ3n) is 4.66. The van der Waals surface area contributed by atoms with E-state index >= 15 is 0 Å². The van der Waals surface area contributed by atoms with Gasteiger partial charge >= 0.3 is 6.18 Å². The summed E-state index contributed by atoms with van der Waals surface area (Å²) >= 11 is 0. The zero-order valence-corrected chi connectivity index (χ0v) is 10.5. The lowest BCUT2D eigenvalue weighted by Gasteiger charge is -2.38. The minimum Gasteiger partial charge on any atom is -0.306 e. The average Bonchev–Trinajstić information content (AvgIpc) is 2.29. The number of rotatable bonds is 1. The number of alkyl halides is 3. The van der Waals surface area contributed by atoms with Crippen molar-refractivity contribution in [1.82, 2.24) is 4.90 Å². The van der Waals surface area contributed by atoms with Gasteiger partial charge in [0, 0.05) is 0 Å². The lowest BCUT2D eigenvalue weighted by molar-refractivity contribution is -0.185. The molecule has 4 heteroatoms. The van der Waals surface area contributed by atoms with Crippen LogP contribution in [-0.4, -0.2) is 31.2 Å². The predicted octanol–water partition coefficient (Wildman–Crippen LogP) is 3.70. The number of hydrogen-bond donors (Lipinski definition) is 0. The highest BCUT2D eigenvalue weighted by atomic mass is 19.4. The summed E-state index contributed by atoms with van der Waals surface area (Å²) in [6.07, 6.45) is 0.700. The SMILES string of the molecule is CN1CCC(C2CCC(C(F)(F)F)CC2)CC1. The molecule has 1 saturated carbocycles. The first-order chi connectivity index (χ1) is 7.97. The van der Waals surface area contributed by atoms with Crippen molar-refractivity contribution in [2.75, 3.05) is 20.1 Å². The van der Waals surface area contributed by atoms with Crippen molar-refractivity contribution in [3.8, 4) is 0 Å². The van der Waals surface area contributed by atoms with Gasteiger partial charge in [0.1, 0.15) is 0 Å². The van der Waals surface area contributed by atoms with Gasteiger partial charge in [0.25, 0.3) is 0 Å². The molecule has 100 valence electrons. The molecule has 2 fully saturated rings. The number of piperidine rings is 1. The van der Waals surface area contributed by atoms with E-state index in [0.717, 1.165) is 25.9 Å². The molecule has 1 aliphatic heterocycles. The summed E-state index contributed by atoms with van der Waals surface area (Å²) in [5.41, 5.74) is 0. The van der Waals surface area contributed by atoms with Crippen LogP contribution >= 0.6 is 0 Å². The fourth-order valence-corrected chi connectivity index (χ4v) is 3.42. The second-order valence-electron chi connectivity index (χ2n) is 5.79. The van der Waals surface area contributed by atoms with Crippen LogP contribution in [-0.2, 0) is 0 Å². The molecule has 0 aromatic rings. The van der Waals surface area contributed by atoms with Gasteiger partial charge in [-0.15, -0.1) is 0 Å². The normalized spacial score (nSPS) is 33.9. The molecule has 0 N–H and O–H groups in total. The fraction of sp³-hybridized carbons (Fsp3) is 1.00. The van der Waals surface area contributed by atoms with Crippen LogP contribution in [0.1, 0.15) is 38.5 Å². The highest BCUT2D eigenvalue weighted by Gasteiger charge is 2.42. The van der Waals surface area contributed by atoms with Crippen LogP contribution in [0.25, 0.3) is 0 Å². The Morgan fingerprint density at radius 3 is 1.76 bits per heavy atom. The molecule has 0 bridgehead atoms. The third-order valence-corrected chi connectivity index (χ3v) is 4.66. The number of likely N-dealkylation sites (tertiary alicyclic amines) is 1. The Kier molecular flexibility index (Phi) is 4.01. The standard InChI is InChI=1S/C13H22F3N/c1-17-8-6-11(7-9-17)10-2-4-12(5-3-10)13(14,15)16/h10-12H,2-9H2,1H3. The molecule has 2 aliphatic rings. The first-order valence-electron chi connectivity index (χ1n) is 6.72. The third kappa shape index (κ3) is 3.36. The van der Waals surface area contributed by atoms with E-state index in [1.54, 1.807) is 0 Å². The van der Waals surface area contributed by atoms with Crippen LogP contribution in [0.4, 0.5) is 13.2 Å². The van der Waals surface area contributed by atoms with Crippen molar-refractivity contribution in [1.29, 1.82) is 0 Å². The minimum absolute atomic E-state index is 0.362. The smallest absolute Gasteiger partial charge is 0.306 e. The molecular formula is C13H22F3N. The monoisotopic (exact) mass is 249 g/mol. The summed E-state index contributed by atoms with van der Waals surface area (Å²) in [5, 5.41) is 0. The molecule has 1 heterocycles. The molecule has 0 radical (unpaired) electrons. The second kappa shape index (κ2) is 5.17. The Balaban J connectivity index is 1.79. The van der Waals surface area contributed by atoms with E-state index in [9.17, 15) is 13.2 Å². The largest absolute Gasteiger partial charge is 0.391 e. The zero-order valence-electron chi connectivity index (χ0n) is 10.5. The maximum absolute atomic E-state index is 12.6. The lowest BCUT2D eigenvalue weighted by Crippen LogP contribution is -2.36. The molecule has 0 amide bonds. The average molecular weight is 249 g/mol. The molecule has 17 heavy (non-hydrogen) atoms. The van der Waals surface area contributed by atoms with Crippen molar-refractivity contribution < 1.29 is 13.2 Å². The van der Waals surface area contributed by atoms with Gasteiger partial charge in [-0.1, -0.05) is 0 Å². The molecule has 0 unspecified atom stereocenters. The molecule has 1 aliphatic carbocycles. The van der Waals surface area contributed by atoms with Gasteiger partial charge in [0.15, 0.2) is 0 Å². The Morgan fingerprint density at radius 1 is 0.824 bits per heavy atom. The van der Waals surface area contributed by atoms with Crippen molar-refractivity contribution >= 4 is 0 Å². The van der Waals surface area contributed by atoms with Crippen molar-refractivity contribution in [3.05, 3.63) is 0 Å². The maximum atomic E-state index is 12.6. The Morgan fingerprint density at radius 2 is 1.29 bits per heavy atom. The van der Waals surface area contributed by atoms with E-state index in [1.807, 2.05) is 0 Å². The summed E-state index contributed by atoms with van der Waals surface area (Å²) in [4.78, 5) is 2.32. The fourth-order valence-electron chi connectivity index (χ4n) is 3.42. The molecule has 0 spiro atoms. The Bertz CT molecular complexity index is 236. The molecule has 0 atom stereocenters. The van der Waals surface area contributed by atoms with Crippen LogP contribution in [0.15, 0.2) is 0 Å². The van der Waals surface area contributed by atoms with Gasteiger partial charge in [-0.2, -0.15) is 13.2 Å². The lowest BCUT2D eigenvalue weighted by atomic mass is 9.72. The molecule has 2 rings (SSSR count). The van der Waals surface area contributed by atoms with E-state index in [0.29, 0.717) is 24.7 Å². The van der Waals surface area contributed by atoms with E-state index in [2.05, 4.69) is 11.9 Å². The molecule has 1 saturated heterocycles. The van der Waals surface area contributed by atoms with Gasteiger partial charge in [-0.25, -0.2) is 0 Å². The number of nitrogens with zero attached hydrogens (tertiary/aromatic N) is 1. The first kappa shape index (κ1) is 13.2. The van der Waals surface area contributed by atoms with E-state index in [4.69, 9.17) is 0 Å². The van der Waals surface area contributed by atoms with Crippen LogP contribution < -0.4 is 0 Å². The Labute approximate surface area is 101 Å². The minimum atomic E-state index is -3.96. The van der Waals surface area contributed by atoms with Gasteiger partial charge in [0.2, 0.25) is 0 Å².